The van der Waals surface area contributed by atoms with Crippen molar-refractivity contribution in [2.45, 2.75) is 19.4 Å². The number of amides is 1. The Morgan fingerprint density at radius 1 is 1.10 bits per heavy atom. The van der Waals surface area contributed by atoms with E-state index < -0.39 is 30.1 Å². The molecule has 5 nitrogen and oxygen atoms in total. The van der Waals surface area contributed by atoms with E-state index in [1.165, 1.54) is 28.0 Å². The third-order valence-electron chi connectivity index (χ3n) is 4.96. The molecule has 0 bridgehead atoms. The first-order valence-corrected chi connectivity index (χ1v) is 8.79. The second-order valence-electron chi connectivity index (χ2n) is 6.86. The van der Waals surface area contributed by atoms with Crippen molar-refractivity contribution < 1.29 is 26.7 Å². The Morgan fingerprint density at radius 2 is 1.86 bits per heavy atom. The molecule has 0 spiro atoms. The van der Waals surface area contributed by atoms with E-state index in [-0.39, 0.29) is 25.5 Å². The molecule has 0 unspecified atom stereocenters. The third-order valence-corrected chi connectivity index (χ3v) is 4.96. The van der Waals surface area contributed by atoms with E-state index in [4.69, 9.17) is 0 Å². The smallest absolute Gasteiger partial charge is 0.266 e. The summed E-state index contributed by atoms with van der Waals surface area (Å²) in [7, 11) is 0. The van der Waals surface area contributed by atoms with E-state index in [0.29, 0.717) is 22.2 Å². The number of hydrogen-bond donors (Lipinski definition) is 0. The molecule has 0 saturated carbocycles. The minimum absolute atomic E-state index is 0.00514. The van der Waals surface area contributed by atoms with E-state index in [1.807, 2.05) is 0 Å². The lowest BCUT2D eigenvalue weighted by Crippen LogP contribution is -2.53. The Kier molecular flexibility index (Phi) is 4.93. The van der Waals surface area contributed by atoms with Crippen LogP contribution in [0.3, 0.4) is 0 Å². The van der Waals surface area contributed by atoms with E-state index in [1.54, 1.807) is 6.07 Å². The molecule has 2 aromatic heterocycles. The molecule has 1 aliphatic rings. The summed E-state index contributed by atoms with van der Waals surface area (Å²) in [5, 5.41) is 4.10. The Hall–Kier alpha value is -3.04. The van der Waals surface area contributed by atoms with Gasteiger partial charge in [-0.05, 0) is 23.8 Å². The molecule has 10 heteroatoms. The number of hydrogen-bond acceptors (Lipinski definition) is 3. The summed E-state index contributed by atoms with van der Waals surface area (Å²) >= 11 is 0. The number of aromatic nitrogens is 3. The zero-order chi connectivity index (χ0) is 20.7. The molecule has 3 heterocycles. The number of pyridine rings is 1. The molecule has 3 aromatic rings. The predicted molar refractivity (Wildman–Crippen MR) is 94.0 cm³/mol. The van der Waals surface area contributed by atoms with E-state index in [0.717, 1.165) is 12.1 Å². The van der Waals surface area contributed by atoms with Gasteiger partial charge in [0.25, 0.3) is 6.43 Å². The molecule has 1 aliphatic heterocycles. The van der Waals surface area contributed by atoms with Gasteiger partial charge in [-0.1, -0.05) is 6.07 Å². The van der Waals surface area contributed by atoms with Crippen molar-refractivity contribution in [2.24, 2.45) is 5.92 Å². The highest BCUT2D eigenvalue weighted by Crippen LogP contribution is 2.29. The maximum absolute atomic E-state index is 13.5. The maximum atomic E-state index is 13.5. The van der Waals surface area contributed by atoms with Crippen molar-refractivity contribution in [3.63, 3.8) is 0 Å². The Morgan fingerprint density at radius 3 is 2.55 bits per heavy atom. The number of rotatable bonds is 5. The van der Waals surface area contributed by atoms with Crippen LogP contribution in [0, 0.1) is 11.7 Å². The number of carbonyl (C=O) groups excluding carboxylic acids is 1. The number of halogens is 5. The predicted octanol–water partition coefficient (Wildman–Crippen LogP) is 3.90. The first-order valence-electron chi connectivity index (χ1n) is 8.79. The van der Waals surface area contributed by atoms with Crippen LogP contribution < -0.4 is 0 Å². The van der Waals surface area contributed by atoms with Crippen LogP contribution in [0.25, 0.3) is 22.2 Å². The highest BCUT2D eigenvalue weighted by atomic mass is 19.3. The van der Waals surface area contributed by atoms with Crippen LogP contribution in [0.4, 0.5) is 22.0 Å². The van der Waals surface area contributed by atoms with Gasteiger partial charge in [0.1, 0.15) is 17.9 Å². The molecule has 1 fully saturated rings. The number of carbonyl (C=O) groups is 1. The molecule has 152 valence electrons. The topological polar surface area (TPSA) is 51.0 Å². The molecule has 0 atom stereocenters. The van der Waals surface area contributed by atoms with Gasteiger partial charge in [0.15, 0.2) is 0 Å². The number of nitrogens with zero attached hydrogens (tertiary/aromatic N) is 4. The molecule has 0 N–H and O–H groups in total. The lowest BCUT2D eigenvalue weighted by molar-refractivity contribution is -0.142. The van der Waals surface area contributed by atoms with Gasteiger partial charge in [-0.2, -0.15) is 5.10 Å². The van der Waals surface area contributed by atoms with Crippen molar-refractivity contribution >= 4 is 16.9 Å². The van der Waals surface area contributed by atoms with Gasteiger partial charge in [-0.15, -0.1) is 0 Å². The van der Waals surface area contributed by atoms with Crippen LogP contribution >= 0.6 is 0 Å². The van der Waals surface area contributed by atoms with Crippen LogP contribution in [0.2, 0.25) is 0 Å². The third kappa shape index (κ3) is 3.66. The van der Waals surface area contributed by atoms with Gasteiger partial charge in [-0.3, -0.25) is 14.5 Å². The lowest BCUT2D eigenvalue weighted by Gasteiger charge is -2.38. The van der Waals surface area contributed by atoms with Gasteiger partial charge >= 0.3 is 0 Å². The van der Waals surface area contributed by atoms with E-state index in [9.17, 15) is 26.7 Å². The molecule has 1 aromatic carbocycles. The number of likely N-dealkylation sites (tertiary alicyclic amines) is 1. The summed E-state index contributed by atoms with van der Waals surface area (Å²) in [5.41, 5.74) is 1.04. The molecular formula is C19H15F5N4O. The van der Waals surface area contributed by atoms with Crippen LogP contribution in [0.1, 0.15) is 12.0 Å². The SMILES string of the molecule is O=C(Cn1ncc2ncc(-c3ccc(F)c(C(F)F)c3)cc21)N1CC(C(F)F)C1. The molecule has 1 amide bonds. The monoisotopic (exact) mass is 410 g/mol. The fourth-order valence-corrected chi connectivity index (χ4v) is 3.23. The van der Waals surface area contributed by atoms with Gasteiger partial charge in [-0.25, -0.2) is 22.0 Å². The van der Waals surface area contributed by atoms with Crippen molar-refractivity contribution in [3.05, 3.63) is 48.0 Å². The second kappa shape index (κ2) is 7.41. The molecule has 1 saturated heterocycles. The summed E-state index contributed by atoms with van der Waals surface area (Å²) in [6, 6.07) is 4.99. The molecule has 4 rings (SSSR count). The summed E-state index contributed by atoms with van der Waals surface area (Å²) in [5.74, 6) is -2.15. The quantitative estimate of drug-likeness (QED) is 0.600. The number of fused-ring (bicyclic) bond motifs is 1. The first kappa shape index (κ1) is 19.3. The normalized spacial score (nSPS) is 14.8. The highest BCUT2D eigenvalue weighted by Gasteiger charge is 2.36. The van der Waals surface area contributed by atoms with Gasteiger partial charge in [0.05, 0.1) is 23.2 Å². The minimum Gasteiger partial charge on any atom is -0.340 e. The lowest BCUT2D eigenvalue weighted by atomic mass is 10.0. The first-order chi connectivity index (χ1) is 13.8. The van der Waals surface area contributed by atoms with Crippen LogP contribution in [0.5, 0.6) is 0 Å². The van der Waals surface area contributed by atoms with Crippen molar-refractivity contribution in [3.8, 4) is 11.1 Å². The highest BCUT2D eigenvalue weighted by molar-refractivity contribution is 5.83. The Balaban J connectivity index is 1.59. The van der Waals surface area contributed by atoms with Gasteiger partial charge < -0.3 is 4.90 Å². The molecule has 0 radical (unpaired) electrons. The summed E-state index contributed by atoms with van der Waals surface area (Å²) < 4.78 is 66.0. The van der Waals surface area contributed by atoms with Gasteiger partial charge in [0.2, 0.25) is 12.3 Å². The van der Waals surface area contributed by atoms with Crippen LogP contribution in [-0.2, 0) is 11.3 Å². The summed E-state index contributed by atoms with van der Waals surface area (Å²) in [6.45, 7) is -0.146. The fraction of sp³-hybridized carbons (Fsp3) is 0.316. The molecule has 29 heavy (non-hydrogen) atoms. The standard InChI is InChI=1S/C19H15F5N4O/c20-14-2-1-10(3-13(14)19(23)24)11-4-16-15(25-5-11)6-26-28(16)9-17(29)27-7-12(8-27)18(21)22/h1-6,12,18-19H,7-9H2. The van der Waals surface area contributed by atoms with Crippen molar-refractivity contribution in [1.82, 2.24) is 19.7 Å². The van der Waals surface area contributed by atoms with Crippen molar-refractivity contribution in [1.29, 1.82) is 0 Å². The zero-order valence-electron chi connectivity index (χ0n) is 14.9. The van der Waals surface area contributed by atoms with Gasteiger partial charge in [0, 0.05) is 24.8 Å². The molecule has 0 aliphatic carbocycles. The summed E-state index contributed by atoms with van der Waals surface area (Å²) in [4.78, 5) is 17.8. The maximum Gasteiger partial charge on any atom is 0.266 e. The number of benzene rings is 1. The zero-order valence-corrected chi connectivity index (χ0v) is 14.9. The summed E-state index contributed by atoms with van der Waals surface area (Å²) in [6.07, 6.45) is -2.52. The average molecular weight is 410 g/mol. The fourth-order valence-electron chi connectivity index (χ4n) is 3.23. The Labute approximate surface area is 161 Å². The average Bonchev–Trinajstić information content (AvgIpc) is 3.02. The van der Waals surface area contributed by atoms with Crippen LogP contribution in [-0.4, -0.2) is 45.1 Å². The van der Waals surface area contributed by atoms with E-state index in [2.05, 4.69) is 10.1 Å². The van der Waals surface area contributed by atoms with E-state index >= 15 is 0 Å². The van der Waals surface area contributed by atoms with Crippen molar-refractivity contribution in [2.75, 3.05) is 13.1 Å². The second-order valence-corrected chi connectivity index (χ2v) is 6.86. The minimum atomic E-state index is -2.96. The largest absolute Gasteiger partial charge is 0.340 e. The Bertz CT molecular complexity index is 1060. The number of alkyl halides is 4. The van der Waals surface area contributed by atoms with Crippen LogP contribution in [0.15, 0.2) is 36.7 Å². The molecular weight excluding hydrogens is 395 g/mol.